The lowest BCUT2D eigenvalue weighted by Gasteiger charge is -2.45. The van der Waals surface area contributed by atoms with Gasteiger partial charge in [-0.05, 0) is 87.8 Å². The molecule has 2 unspecified atom stereocenters. The Morgan fingerprint density at radius 3 is 2.32 bits per heavy atom. The molecule has 206 valence electrons. The van der Waals surface area contributed by atoms with Crippen LogP contribution in [0.4, 0.5) is 8.78 Å². The molecule has 0 amide bonds. The number of rotatable bonds is 9. The van der Waals surface area contributed by atoms with Crippen LogP contribution in [0.15, 0.2) is 40.3 Å². The van der Waals surface area contributed by atoms with Gasteiger partial charge in [0.05, 0.1) is 10.9 Å². The average molecular weight is 574 g/mol. The Kier molecular flexibility index (Phi) is 9.45. The molecule has 0 spiro atoms. The highest BCUT2D eigenvalue weighted by Gasteiger charge is 2.56. The number of benzene rings is 1. The highest BCUT2D eigenvalue weighted by atomic mass is 35.5. The summed E-state index contributed by atoms with van der Waals surface area (Å²) in [6.45, 7) is 7.54. The number of sulfonamides is 1. The lowest BCUT2D eigenvalue weighted by Crippen LogP contribution is -2.51. The van der Waals surface area contributed by atoms with Gasteiger partial charge in [-0.15, -0.1) is 0 Å². The summed E-state index contributed by atoms with van der Waals surface area (Å²) in [6.07, 6.45) is 7.49. The maximum atomic E-state index is 14.3. The third kappa shape index (κ3) is 6.79. The zero-order valence-electron chi connectivity index (χ0n) is 21.9. The molecule has 0 radical (unpaired) electrons. The number of hydrogen-bond acceptors (Lipinski definition) is 5. The topological polar surface area (TPSA) is 43.9 Å². The number of piperazine rings is 1. The number of piperidine rings is 1. The Hall–Kier alpha value is -0.970. The van der Waals surface area contributed by atoms with E-state index in [0.717, 1.165) is 63.7 Å². The summed E-state index contributed by atoms with van der Waals surface area (Å²) in [5, 5.41) is 0.488. The van der Waals surface area contributed by atoms with Crippen molar-refractivity contribution in [3.63, 3.8) is 0 Å². The van der Waals surface area contributed by atoms with E-state index in [4.69, 9.17) is 11.6 Å². The van der Waals surface area contributed by atoms with Crippen LogP contribution in [-0.2, 0) is 10.0 Å². The lowest BCUT2D eigenvalue weighted by atomic mass is 9.86. The molecule has 2 aliphatic heterocycles. The van der Waals surface area contributed by atoms with Gasteiger partial charge in [0, 0.05) is 49.1 Å². The molecular formula is C27H38ClF2N3O2S2. The Morgan fingerprint density at radius 2 is 1.76 bits per heavy atom. The van der Waals surface area contributed by atoms with Gasteiger partial charge in [-0.1, -0.05) is 30.5 Å². The second-order valence-electron chi connectivity index (χ2n) is 10.6. The first-order valence-corrected chi connectivity index (χ1v) is 15.9. The van der Waals surface area contributed by atoms with Gasteiger partial charge in [0.25, 0.3) is 0 Å². The summed E-state index contributed by atoms with van der Waals surface area (Å²) >= 11 is 7.85. The Bertz CT molecular complexity index is 1110. The van der Waals surface area contributed by atoms with Gasteiger partial charge in [-0.25, -0.2) is 21.5 Å². The molecule has 4 rings (SSSR count). The van der Waals surface area contributed by atoms with Crippen LogP contribution in [0.5, 0.6) is 0 Å². The first-order chi connectivity index (χ1) is 17.6. The Balaban J connectivity index is 1.70. The zero-order valence-corrected chi connectivity index (χ0v) is 24.3. The van der Waals surface area contributed by atoms with Crippen LogP contribution in [-0.4, -0.2) is 66.9 Å². The number of allylic oxidation sites excluding steroid dienone is 4. The van der Waals surface area contributed by atoms with Gasteiger partial charge in [-0.3, -0.25) is 0 Å². The highest BCUT2D eigenvalue weighted by Crippen LogP contribution is 2.58. The summed E-state index contributed by atoms with van der Waals surface area (Å²) in [5.74, 6) is -0.523. The Morgan fingerprint density at radius 1 is 1.11 bits per heavy atom. The molecule has 10 heteroatoms. The van der Waals surface area contributed by atoms with Crippen molar-refractivity contribution >= 4 is 33.6 Å². The summed E-state index contributed by atoms with van der Waals surface area (Å²) in [7, 11) is -1.79. The third-order valence-electron chi connectivity index (χ3n) is 7.89. The second-order valence-corrected chi connectivity index (χ2v) is 14.2. The highest BCUT2D eigenvalue weighted by molar-refractivity contribution is 7.97. The van der Waals surface area contributed by atoms with E-state index in [2.05, 4.69) is 16.3 Å². The quantitative estimate of drug-likeness (QED) is 0.256. The standard InChI is InChI=1S/C27H38ClF2N3O2S2/c1-4-24(9-8-20(2)28)37(34,35)33-25(21-16-22(29)18-23(30)17-21)6-5-7-26(33)27(10-11-27)19-36-32-14-12-31(3)13-15-32/h8-9,16-18,25-26H,4-7,10-15,19H2,1-3H3/b20-8+,24-9+. The molecule has 1 aliphatic carbocycles. The molecule has 3 fully saturated rings. The van der Waals surface area contributed by atoms with Crippen LogP contribution in [0.25, 0.3) is 0 Å². The van der Waals surface area contributed by atoms with Crippen molar-refractivity contribution in [1.29, 1.82) is 0 Å². The molecule has 0 N–H and O–H groups in total. The summed E-state index contributed by atoms with van der Waals surface area (Å²) in [6, 6.07) is 2.57. The van der Waals surface area contributed by atoms with E-state index in [1.807, 2.05) is 18.9 Å². The molecule has 3 aliphatic rings. The minimum absolute atomic E-state index is 0.136. The van der Waals surface area contributed by atoms with Crippen molar-refractivity contribution in [3.05, 3.63) is 57.5 Å². The molecule has 0 bridgehead atoms. The monoisotopic (exact) mass is 573 g/mol. The number of hydrogen-bond donors (Lipinski definition) is 0. The largest absolute Gasteiger partial charge is 0.304 e. The van der Waals surface area contributed by atoms with Gasteiger partial charge >= 0.3 is 0 Å². The van der Waals surface area contributed by atoms with Crippen molar-refractivity contribution in [2.75, 3.05) is 39.0 Å². The molecule has 1 saturated carbocycles. The molecule has 2 atom stereocenters. The van der Waals surface area contributed by atoms with Gasteiger partial charge in [0.2, 0.25) is 10.0 Å². The lowest BCUT2D eigenvalue weighted by molar-refractivity contribution is 0.128. The van der Waals surface area contributed by atoms with Crippen molar-refractivity contribution in [2.24, 2.45) is 5.41 Å². The molecule has 1 aromatic carbocycles. The van der Waals surface area contributed by atoms with Crippen molar-refractivity contribution in [1.82, 2.24) is 13.5 Å². The van der Waals surface area contributed by atoms with E-state index in [1.165, 1.54) is 12.1 Å². The molecule has 2 heterocycles. The average Bonchev–Trinajstić information content (AvgIpc) is 3.64. The molecular weight excluding hydrogens is 536 g/mol. The SMILES string of the molecule is CC/C(=C\C=C(/C)Cl)S(=O)(=O)N1C(c2cc(F)cc(F)c2)CCCC1C1(CSN2CCN(C)CC2)CC1. The molecule has 2 saturated heterocycles. The maximum absolute atomic E-state index is 14.3. The predicted octanol–water partition coefficient (Wildman–Crippen LogP) is 6.30. The van der Waals surface area contributed by atoms with E-state index in [-0.39, 0.29) is 16.4 Å². The van der Waals surface area contributed by atoms with Gasteiger partial charge in [0.1, 0.15) is 11.6 Å². The van der Waals surface area contributed by atoms with Gasteiger partial charge in [-0.2, -0.15) is 4.31 Å². The van der Waals surface area contributed by atoms with Crippen LogP contribution >= 0.6 is 23.5 Å². The van der Waals surface area contributed by atoms with Crippen LogP contribution in [0.1, 0.15) is 64.0 Å². The second kappa shape index (κ2) is 12.0. The Labute approximate surface area is 230 Å². The fraction of sp³-hybridized carbons (Fsp3) is 0.630. The van der Waals surface area contributed by atoms with Gasteiger partial charge in [0.15, 0.2) is 0 Å². The van der Waals surface area contributed by atoms with E-state index in [0.29, 0.717) is 23.4 Å². The van der Waals surface area contributed by atoms with Crippen LogP contribution in [0, 0.1) is 17.0 Å². The summed E-state index contributed by atoms with van der Waals surface area (Å²) < 4.78 is 61.2. The minimum atomic E-state index is -3.92. The van der Waals surface area contributed by atoms with Crippen LogP contribution in [0.3, 0.4) is 0 Å². The first-order valence-electron chi connectivity index (χ1n) is 13.1. The predicted molar refractivity (Wildman–Crippen MR) is 149 cm³/mol. The molecule has 5 nitrogen and oxygen atoms in total. The fourth-order valence-electron chi connectivity index (χ4n) is 5.57. The maximum Gasteiger partial charge on any atom is 0.240 e. The third-order valence-corrected chi connectivity index (χ3v) is 11.6. The zero-order chi connectivity index (χ0) is 26.8. The number of halogens is 3. The van der Waals surface area contributed by atoms with E-state index >= 15 is 0 Å². The molecule has 0 aromatic heterocycles. The normalized spacial score (nSPS) is 26.4. The number of nitrogens with zero attached hydrogens (tertiary/aromatic N) is 3. The van der Waals surface area contributed by atoms with Crippen LogP contribution in [0.2, 0.25) is 0 Å². The van der Waals surface area contributed by atoms with Crippen LogP contribution < -0.4 is 0 Å². The van der Waals surface area contributed by atoms with E-state index in [1.54, 1.807) is 23.4 Å². The smallest absolute Gasteiger partial charge is 0.240 e. The summed E-state index contributed by atoms with van der Waals surface area (Å²) in [4.78, 5) is 2.58. The van der Waals surface area contributed by atoms with Crippen molar-refractivity contribution in [2.45, 2.75) is 64.5 Å². The van der Waals surface area contributed by atoms with E-state index in [9.17, 15) is 17.2 Å². The molecule has 37 heavy (non-hydrogen) atoms. The van der Waals surface area contributed by atoms with Crippen molar-refractivity contribution < 1.29 is 17.2 Å². The van der Waals surface area contributed by atoms with Gasteiger partial charge < -0.3 is 4.90 Å². The molecule has 1 aromatic rings. The minimum Gasteiger partial charge on any atom is -0.304 e. The first kappa shape index (κ1) is 29.0. The fourth-order valence-corrected chi connectivity index (χ4v) is 9.08. The van der Waals surface area contributed by atoms with E-state index < -0.39 is 27.7 Å². The van der Waals surface area contributed by atoms with Crippen molar-refractivity contribution in [3.8, 4) is 0 Å². The summed E-state index contributed by atoms with van der Waals surface area (Å²) in [5.41, 5.74) is 0.246. The number of likely N-dealkylation sites (N-methyl/N-ethyl adjacent to an activating group) is 1.